The van der Waals surface area contributed by atoms with Gasteiger partial charge in [-0.05, 0) is 48.0 Å². The zero-order valence-corrected chi connectivity index (χ0v) is 18.3. The van der Waals surface area contributed by atoms with Crippen molar-refractivity contribution in [1.82, 2.24) is 0 Å². The van der Waals surface area contributed by atoms with Gasteiger partial charge in [0.25, 0.3) is 0 Å². The Kier molecular flexibility index (Phi) is 7.55. The highest BCUT2D eigenvalue weighted by molar-refractivity contribution is 5.93. The van der Waals surface area contributed by atoms with E-state index in [0.717, 1.165) is 23.4 Å². The summed E-state index contributed by atoms with van der Waals surface area (Å²) in [6, 6.07) is 23.3. The van der Waals surface area contributed by atoms with Crippen molar-refractivity contribution in [2.24, 2.45) is 5.92 Å². The second-order valence-corrected chi connectivity index (χ2v) is 7.79. The lowest BCUT2D eigenvalue weighted by Gasteiger charge is -2.28. The maximum absolute atomic E-state index is 13.2. The van der Waals surface area contributed by atoms with Crippen LogP contribution in [0.2, 0.25) is 0 Å². The minimum Gasteiger partial charge on any atom is -0.366 e. The predicted octanol–water partition coefficient (Wildman–Crippen LogP) is 5.73. The van der Waals surface area contributed by atoms with Crippen LogP contribution in [0.1, 0.15) is 29.2 Å². The largest absolute Gasteiger partial charge is 0.417 e. The second kappa shape index (κ2) is 10.5. The molecule has 172 valence electrons. The van der Waals surface area contributed by atoms with Gasteiger partial charge in [0.2, 0.25) is 5.91 Å². The Hall–Kier alpha value is -4.30. The molecule has 0 spiro atoms. The zero-order valence-electron chi connectivity index (χ0n) is 18.3. The van der Waals surface area contributed by atoms with Gasteiger partial charge in [-0.15, -0.1) is 0 Å². The molecule has 0 aliphatic carbocycles. The smallest absolute Gasteiger partial charge is 0.366 e. The molecular formula is C26H21F3N4O. The van der Waals surface area contributed by atoms with Gasteiger partial charge in [0.15, 0.2) is 0 Å². The van der Waals surface area contributed by atoms with Crippen molar-refractivity contribution >= 4 is 17.3 Å². The molecule has 3 rings (SSSR count). The van der Waals surface area contributed by atoms with Crippen molar-refractivity contribution < 1.29 is 18.0 Å². The van der Waals surface area contributed by atoms with Gasteiger partial charge >= 0.3 is 6.18 Å². The monoisotopic (exact) mass is 462 g/mol. The van der Waals surface area contributed by atoms with E-state index in [2.05, 4.69) is 11.4 Å². The SMILES string of the molecule is CC(CN(Cc1ccccc1)c1ccc(C#N)cc1)C(=O)Nc1ccc(C#N)c(C(F)(F)F)c1. The Balaban J connectivity index is 1.79. The molecule has 0 saturated heterocycles. The van der Waals surface area contributed by atoms with Crippen LogP contribution in [0.3, 0.4) is 0 Å². The number of amides is 1. The number of hydrogen-bond acceptors (Lipinski definition) is 4. The summed E-state index contributed by atoms with van der Waals surface area (Å²) < 4.78 is 39.7. The molecule has 1 atom stereocenters. The molecule has 0 radical (unpaired) electrons. The van der Waals surface area contributed by atoms with E-state index in [9.17, 15) is 18.0 Å². The number of carbonyl (C=O) groups excluding carboxylic acids is 1. The van der Waals surface area contributed by atoms with Crippen molar-refractivity contribution in [3.05, 3.63) is 95.1 Å². The van der Waals surface area contributed by atoms with Crippen LogP contribution in [0.5, 0.6) is 0 Å². The van der Waals surface area contributed by atoms with Crippen LogP contribution in [-0.2, 0) is 17.5 Å². The standard InChI is InChI=1S/C26H21F3N4O/c1-18(25(34)32-22-10-9-21(15-31)24(13-22)26(27,28)29)16-33(17-20-5-3-2-4-6-20)23-11-7-19(14-30)8-12-23/h2-13,18H,16-17H2,1H3,(H,32,34). The van der Waals surface area contributed by atoms with Gasteiger partial charge in [-0.2, -0.15) is 23.7 Å². The van der Waals surface area contributed by atoms with Gasteiger partial charge in [0.05, 0.1) is 34.7 Å². The molecule has 3 aromatic carbocycles. The quantitative estimate of drug-likeness (QED) is 0.486. The Labute approximate surface area is 195 Å². The summed E-state index contributed by atoms with van der Waals surface area (Å²) in [6.07, 6.45) is -4.71. The number of halogens is 3. The second-order valence-electron chi connectivity index (χ2n) is 7.79. The van der Waals surface area contributed by atoms with Crippen molar-refractivity contribution in [2.75, 3.05) is 16.8 Å². The van der Waals surface area contributed by atoms with Crippen LogP contribution in [0.4, 0.5) is 24.5 Å². The van der Waals surface area contributed by atoms with Crippen LogP contribution in [-0.4, -0.2) is 12.5 Å². The fraction of sp³-hybridized carbons (Fsp3) is 0.192. The lowest BCUT2D eigenvalue weighted by atomic mass is 10.1. The zero-order chi connectivity index (χ0) is 24.7. The molecule has 0 aliphatic rings. The van der Waals surface area contributed by atoms with E-state index in [-0.39, 0.29) is 12.2 Å². The number of nitrogens with one attached hydrogen (secondary N) is 1. The number of nitrogens with zero attached hydrogens (tertiary/aromatic N) is 3. The Morgan fingerprint density at radius 2 is 1.68 bits per heavy atom. The highest BCUT2D eigenvalue weighted by Crippen LogP contribution is 2.33. The Morgan fingerprint density at radius 1 is 1.00 bits per heavy atom. The van der Waals surface area contributed by atoms with E-state index in [1.165, 1.54) is 12.1 Å². The molecule has 1 amide bonds. The third kappa shape index (κ3) is 6.14. The fourth-order valence-electron chi connectivity index (χ4n) is 3.44. The van der Waals surface area contributed by atoms with Crippen molar-refractivity contribution in [2.45, 2.75) is 19.6 Å². The molecule has 0 aliphatic heterocycles. The molecule has 8 heteroatoms. The highest BCUT2D eigenvalue weighted by Gasteiger charge is 2.34. The molecule has 0 bridgehead atoms. The average molecular weight is 462 g/mol. The maximum Gasteiger partial charge on any atom is 0.417 e. The van der Waals surface area contributed by atoms with Gasteiger partial charge in [0.1, 0.15) is 0 Å². The average Bonchev–Trinajstić information content (AvgIpc) is 2.83. The normalized spacial score (nSPS) is 11.7. The summed E-state index contributed by atoms with van der Waals surface area (Å²) >= 11 is 0. The van der Waals surface area contributed by atoms with Crippen LogP contribution in [0, 0.1) is 28.6 Å². The molecule has 34 heavy (non-hydrogen) atoms. The minimum atomic E-state index is -4.71. The first-order valence-corrected chi connectivity index (χ1v) is 10.4. The molecule has 3 aromatic rings. The van der Waals surface area contributed by atoms with Gasteiger partial charge in [-0.1, -0.05) is 37.3 Å². The Morgan fingerprint density at radius 3 is 2.26 bits per heavy atom. The van der Waals surface area contributed by atoms with Crippen molar-refractivity contribution in [1.29, 1.82) is 10.5 Å². The molecule has 5 nitrogen and oxygen atoms in total. The molecule has 0 saturated carbocycles. The van der Waals surface area contributed by atoms with Crippen LogP contribution >= 0.6 is 0 Å². The number of alkyl halides is 3. The van der Waals surface area contributed by atoms with Crippen molar-refractivity contribution in [3.63, 3.8) is 0 Å². The lowest BCUT2D eigenvalue weighted by molar-refractivity contribution is -0.137. The Bertz CT molecular complexity index is 1230. The summed E-state index contributed by atoms with van der Waals surface area (Å²) in [5.74, 6) is -1.03. The lowest BCUT2D eigenvalue weighted by Crippen LogP contribution is -2.34. The van der Waals surface area contributed by atoms with Crippen LogP contribution < -0.4 is 10.2 Å². The molecule has 0 heterocycles. The number of benzene rings is 3. The number of nitriles is 2. The van der Waals surface area contributed by atoms with E-state index in [0.29, 0.717) is 12.1 Å². The molecule has 0 fully saturated rings. The van der Waals surface area contributed by atoms with Crippen LogP contribution in [0.25, 0.3) is 0 Å². The number of carbonyl (C=O) groups is 1. The summed E-state index contributed by atoms with van der Waals surface area (Å²) in [7, 11) is 0. The first-order chi connectivity index (χ1) is 16.2. The van der Waals surface area contributed by atoms with E-state index in [4.69, 9.17) is 10.5 Å². The van der Waals surface area contributed by atoms with E-state index in [1.54, 1.807) is 31.2 Å². The number of hydrogen-bond donors (Lipinski definition) is 1. The third-order valence-electron chi connectivity index (χ3n) is 5.23. The number of rotatable bonds is 7. The summed E-state index contributed by atoms with van der Waals surface area (Å²) in [4.78, 5) is 14.8. The van der Waals surface area contributed by atoms with Crippen molar-refractivity contribution in [3.8, 4) is 12.1 Å². The third-order valence-corrected chi connectivity index (χ3v) is 5.23. The van der Waals surface area contributed by atoms with E-state index < -0.39 is 29.1 Å². The topological polar surface area (TPSA) is 79.9 Å². The predicted molar refractivity (Wildman–Crippen MR) is 123 cm³/mol. The molecular weight excluding hydrogens is 441 g/mol. The maximum atomic E-state index is 13.2. The fourth-order valence-corrected chi connectivity index (χ4v) is 3.44. The summed E-state index contributed by atoms with van der Waals surface area (Å²) in [5, 5.41) is 20.5. The molecule has 1 unspecified atom stereocenters. The van der Waals surface area contributed by atoms with E-state index in [1.807, 2.05) is 35.2 Å². The summed E-state index contributed by atoms with van der Waals surface area (Å²) in [6.45, 7) is 2.47. The van der Waals surface area contributed by atoms with Gasteiger partial charge in [-0.25, -0.2) is 0 Å². The number of anilines is 2. The molecule has 1 N–H and O–H groups in total. The molecule has 0 aromatic heterocycles. The van der Waals surface area contributed by atoms with Gasteiger partial charge in [-0.3, -0.25) is 4.79 Å². The summed E-state index contributed by atoms with van der Waals surface area (Å²) in [5.41, 5.74) is 0.699. The first-order valence-electron chi connectivity index (χ1n) is 10.4. The van der Waals surface area contributed by atoms with Crippen LogP contribution in [0.15, 0.2) is 72.8 Å². The first kappa shape index (κ1) is 24.3. The van der Waals surface area contributed by atoms with Gasteiger partial charge < -0.3 is 10.2 Å². The highest BCUT2D eigenvalue weighted by atomic mass is 19.4. The van der Waals surface area contributed by atoms with Gasteiger partial charge in [0, 0.05) is 24.5 Å². The minimum absolute atomic E-state index is 0.0313. The van der Waals surface area contributed by atoms with E-state index >= 15 is 0 Å².